The summed E-state index contributed by atoms with van der Waals surface area (Å²) >= 11 is 0. The molecular formula is C11H15F2NO. The SMILES string of the molecule is NCC(CCO)c1cccc(C(F)F)c1. The van der Waals surface area contributed by atoms with Crippen molar-refractivity contribution in [3.8, 4) is 0 Å². The number of halogens is 2. The molecule has 1 rings (SSSR count). The topological polar surface area (TPSA) is 46.2 Å². The van der Waals surface area contributed by atoms with E-state index >= 15 is 0 Å². The Morgan fingerprint density at radius 3 is 2.47 bits per heavy atom. The van der Waals surface area contributed by atoms with E-state index in [-0.39, 0.29) is 18.1 Å². The summed E-state index contributed by atoms with van der Waals surface area (Å²) < 4.78 is 24.8. The maximum atomic E-state index is 12.4. The van der Waals surface area contributed by atoms with Crippen LogP contribution in [0.25, 0.3) is 0 Å². The van der Waals surface area contributed by atoms with Gasteiger partial charge >= 0.3 is 0 Å². The fourth-order valence-electron chi connectivity index (χ4n) is 1.53. The molecule has 1 atom stereocenters. The molecular weight excluding hydrogens is 200 g/mol. The predicted octanol–water partition coefficient (Wildman–Crippen LogP) is 2.05. The highest BCUT2D eigenvalue weighted by Crippen LogP contribution is 2.24. The third kappa shape index (κ3) is 3.25. The van der Waals surface area contributed by atoms with Crippen LogP contribution in [0.2, 0.25) is 0 Å². The van der Waals surface area contributed by atoms with Crippen molar-refractivity contribution >= 4 is 0 Å². The van der Waals surface area contributed by atoms with Gasteiger partial charge in [0.25, 0.3) is 6.43 Å². The van der Waals surface area contributed by atoms with Gasteiger partial charge in [-0.25, -0.2) is 8.78 Å². The highest BCUT2D eigenvalue weighted by molar-refractivity contribution is 5.27. The van der Waals surface area contributed by atoms with E-state index in [1.54, 1.807) is 12.1 Å². The zero-order chi connectivity index (χ0) is 11.3. The van der Waals surface area contributed by atoms with Gasteiger partial charge in [0, 0.05) is 12.2 Å². The molecule has 0 amide bonds. The lowest BCUT2D eigenvalue weighted by Crippen LogP contribution is -2.14. The van der Waals surface area contributed by atoms with E-state index in [1.165, 1.54) is 12.1 Å². The Kier molecular flexibility index (Phi) is 4.65. The number of aliphatic hydroxyl groups is 1. The third-order valence-electron chi connectivity index (χ3n) is 2.40. The molecule has 0 aliphatic rings. The second kappa shape index (κ2) is 5.78. The van der Waals surface area contributed by atoms with Crippen LogP contribution in [0.4, 0.5) is 8.78 Å². The van der Waals surface area contributed by atoms with Gasteiger partial charge in [-0.2, -0.15) is 0 Å². The Morgan fingerprint density at radius 2 is 1.93 bits per heavy atom. The second-order valence-corrected chi connectivity index (χ2v) is 3.42. The maximum Gasteiger partial charge on any atom is 0.263 e. The number of rotatable bonds is 5. The summed E-state index contributed by atoms with van der Waals surface area (Å²) in [6.07, 6.45) is -1.96. The quantitative estimate of drug-likeness (QED) is 0.789. The molecule has 1 unspecified atom stereocenters. The molecule has 1 aromatic rings. The standard InChI is InChI=1S/C11H15F2NO/c12-11(13)9-3-1-2-8(6-9)10(7-14)4-5-15/h1-3,6,10-11,15H,4-5,7,14H2. The first-order chi connectivity index (χ1) is 7.19. The van der Waals surface area contributed by atoms with Gasteiger partial charge in [0.05, 0.1) is 0 Å². The normalized spacial score (nSPS) is 13.1. The summed E-state index contributed by atoms with van der Waals surface area (Å²) in [7, 11) is 0. The molecule has 0 aliphatic carbocycles. The van der Waals surface area contributed by atoms with Gasteiger partial charge in [-0.15, -0.1) is 0 Å². The van der Waals surface area contributed by atoms with Crippen LogP contribution in [0.5, 0.6) is 0 Å². The Balaban J connectivity index is 2.87. The molecule has 2 nitrogen and oxygen atoms in total. The van der Waals surface area contributed by atoms with Crippen LogP contribution in [0.3, 0.4) is 0 Å². The average Bonchev–Trinajstić information content (AvgIpc) is 2.26. The first kappa shape index (κ1) is 12.1. The van der Waals surface area contributed by atoms with E-state index in [0.717, 1.165) is 5.56 Å². The number of aliphatic hydroxyl groups excluding tert-OH is 1. The van der Waals surface area contributed by atoms with E-state index in [4.69, 9.17) is 10.8 Å². The fourth-order valence-corrected chi connectivity index (χ4v) is 1.53. The molecule has 4 heteroatoms. The van der Waals surface area contributed by atoms with Crippen molar-refractivity contribution in [1.82, 2.24) is 0 Å². The Labute approximate surface area is 87.7 Å². The molecule has 0 bridgehead atoms. The van der Waals surface area contributed by atoms with E-state index in [0.29, 0.717) is 13.0 Å². The largest absolute Gasteiger partial charge is 0.396 e. The van der Waals surface area contributed by atoms with Crippen LogP contribution < -0.4 is 5.73 Å². The van der Waals surface area contributed by atoms with Gasteiger partial charge in [-0.05, 0) is 30.5 Å². The summed E-state index contributed by atoms with van der Waals surface area (Å²) in [5.41, 5.74) is 6.29. The lowest BCUT2D eigenvalue weighted by atomic mass is 9.95. The molecule has 0 radical (unpaired) electrons. The smallest absolute Gasteiger partial charge is 0.263 e. The van der Waals surface area contributed by atoms with E-state index in [2.05, 4.69) is 0 Å². The molecule has 0 saturated heterocycles. The third-order valence-corrected chi connectivity index (χ3v) is 2.40. The number of hydrogen-bond donors (Lipinski definition) is 2. The minimum atomic E-state index is -2.46. The Bertz CT molecular complexity index is 304. The van der Waals surface area contributed by atoms with Crippen LogP contribution >= 0.6 is 0 Å². The van der Waals surface area contributed by atoms with Crippen molar-refractivity contribution in [1.29, 1.82) is 0 Å². The molecule has 0 aromatic heterocycles. The summed E-state index contributed by atoms with van der Waals surface area (Å²) in [5.74, 6) is -0.0475. The first-order valence-electron chi connectivity index (χ1n) is 4.88. The van der Waals surface area contributed by atoms with Gasteiger partial charge in [0.15, 0.2) is 0 Å². The number of alkyl halides is 2. The van der Waals surface area contributed by atoms with Crippen molar-refractivity contribution in [3.63, 3.8) is 0 Å². The minimum Gasteiger partial charge on any atom is -0.396 e. The van der Waals surface area contributed by atoms with Gasteiger partial charge in [0.2, 0.25) is 0 Å². The molecule has 0 aliphatic heterocycles. The minimum absolute atomic E-state index is 0.00360. The van der Waals surface area contributed by atoms with Gasteiger partial charge < -0.3 is 10.8 Å². The lowest BCUT2D eigenvalue weighted by molar-refractivity contribution is 0.151. The highest BCUT2D eigenvalue weighted by Gasteiger charge is 2.12. The zero-order valence-corrected chi connectivity index (χ0v) is 8.37. The molecule has 0 saturated carbocycles. The Hall–Kier alpha value is -1.00. The van der Waals surface area contributed by atoms with Crippen molar-refractivity contribution in [2.45, 2.75) is 18.8 Å². The van der Waals surface area contributed by atoms with Crippen molar-refractivity contribution in [3.05, 3.63) is 35.4 Å². The lowest BCUT2D eigenvalue weighted by Gasteiger charge is -2.14. The monoisotopic (exact) mass is 215 g/mol. The average molecular weight is 215 g/mol. The summed E-state index contributed by atoms with van der Waals surface area (Å²) in [4.78, 5) is 0. The zero-order valence-electron chi connectivity index (χ0n) is 8.37. The van der Waals surface area contributed by atoms with Crippen LogP contribution in [0.15, 0.2) is 24.3 Å². The van der Waals surface area contributed by atoms with E-state index < -0.39 is 6.43 Å². The molecule has 84 valence electrons. The fraction of sp³-hybridized carbons (Fsp3) is 0.455. The predicted molar refractivity (Wildman–Crippen MR) is 54.9 cm³/mol. The molecule has 1 aromatic carbocycles. The molecule has 0 fully saturated rings. The van der Waals surface area contributed by atoms with Crippen LogP contribution in [0, 0.1) is 0 Å². The van der Waals surface area contributed by atoms with Crippen molar-refractivity contribution < 1.29 is 13.9 Å². The first-order valence-corrected chi connectivity index (χ1v) is 4.88. The van der Waals surface area contributed by atoms with Crippen LogP contribution in [-0.2, 0) is 0 Å². The van der Waals surface area contributed by atoms with Crippen molar-refractivity contribution in [2.75, 3.05) is 13.2 Å². The van der Waals surface area contributed by atoms with E-state index in [9.17, 15) is 8.78 Å². The number of hydrogen-bond acceptors (Lipinski definition) is 2. The van der Waals surface area contributed by atoms with Crippen LogP contribution in [-0.4, -0.2) is 18.3 Å². The molecule has 15 heavy (non-hydrogen) atoms. The molecule has 3 N–H and O–H groups in total. The number of nitrogens with two attached hydrogens (primary N) is 1. The van der Waals surface area contributed by atoms with Crippen molar-refractivity contribution in [2.24, 2.45) is 5.73 Å². The van der Waals surface area contributed by atoms with Gasteiger partial charge in [-0.3, -0.25) is 0 Å². The summed E-state index contributed by atoms with van der Waals surface area (Å²) in [6.45, 7) is 0.369. The Morgan fingerprint density at radius 1 is 1.27 bits per heavy atom. The molecule has 0 heterocycles. The molecule has 0 spiro atoms. The maximum absolute atomic E-state index is 12.4. The summed E-state index contributed by atoms with van der Waals surface area (Å²) in [5, 5.41) is 8.80. The van der Waals surface area contributed by atoms with E-state index in [1.807, 2.05) is 0 Å². The van der Waals surface area contributed by atoms with Crippen LogP contribution in [0.1, 0.15) is 29.9 Å². The van der Waals surface area contributed by atoms with Gasteiger partial charge in [-0.1, -0.05) is 18.2 Å². The summed E-state index contributed by atoms with van der Waals surface area (Å²) in [6, 6.07) is 6.20. The van der Waals surface area contributed by atoms with Gasteiger partial charge in [0.1, 0.15) is 0 Å². The number of benzene rings is 1. The highest BCUT2D eigenvalue weighted by atomic mass is 19.3. The second-order valence-electron chi connectivity index (χ2n) is 3.42.